The van der Waals surface area contributed by atoms with Crippen molar-refractivity contribution in [2.75, 3.05) is 32.5 Å². The summed E-state index contributed by atoms with van der Waals surface area (Å²) < 4.78 is 45.3. The SMILES string of the molecule is COCC1CCN(S(=O)(=O)c2cc(N)c(F)cc2Br)CC1. The molecule has 0 aliphatic carbocycles. The Morgan fingerprint density at radius 1 is 1.43 bits per heavy atom. The number of nitrogen functional groups attached to an aromatic ring is 1. The van der Waals surface area contributed by atoms with E-state index in [0.717, 1.165) is 25.0 Å². The highest BCUT2D eigenvalue weighted by atomic mass is 79.9. The minimum atomic E-state index is -3.67. The number of ether oxygens (including phenoxy) is 1. The van der Waals surface area contributed by atoms with Crippen LogP contribution in [0.3, 0.4) is 0 Å². The van der Waals surface area contributed by atoms with Gasteiger partial charge in [-0.05, 0) is 46.8 Å². The highest BCUT2D eigenvalue weighted by molar-refractivity contribution is 9.10. The second-order valence-corrected chi connectivity index (χ2v) is 7.87. The maximum Gasteiger partial charge on any atom is 0.244 e. The highest BCUT2D eigenvalue weighted by Crippen LogP contribution is 2.31. The number of piperidine rings is 1. The van der Waals surface area contributed by atoms with Gasteiger partial charge in [0.1, 0.15) is 5.82 Å². The fourth-order valence-corrected chi connectivity index (χ4v) is 4.91. The summed E-state index contributed by atoms with van der Waals surface area (Å²) >= 11 is 3.10. The van der Waals surface area contributed by atoms with E-state index in [1.54, 1.807) is 7.11 Å². The zero-order valence-electron chi connectivity index (χ0n) is 11.7. The van der Waals surface area contributed by atoms with Crippen LogP contribution in [0.5, 0.6) is 0 Å². The van der Waals surface area contributed by atoms with Crippen molar-refractivity contribution in [3.8, 4) is 0 Å². The molecule has 1 saturated heterocycles. The van der Waals surface area contributed by atoms with Crippen LogP contribution in [0.15, 0.2) is 21.5 Å². The van der Waals surface area contributed by atoms with Crippen molar-refractivity contribution in [3.63, 3.8) is 0 Å². The van der Waals surface area contributed by atoms with Gasteiger partial charge >= 0.3 is 0 Å². The standard InChI is InChI=1S/C13H18BrFN2O3S/c1-20-8-9-2-4-17(5-3-9)21(18,19)13-7-12(16)11(15)6-10(13)14/h6-7,9H,2-5,8,16H2,1H3. The Labute approximate surface area is 132 Å². The summed E-state index contributed by atoms with van der Waals surface area (Å²) in [5.41, 5.74) is 5.31. The zero-order valence-corrected chi connectivity index (χ0v) is 14.1. The van der Waals surface area contributed by atoms with Crippen molar-refractivity contribution in [3.05, 3.63) is 22.4 Å². The molecule has 0 saturated carbocycles. The molecule has 0 aromatic heterocycles. The zero-order chi connectivity index (χ0) is 15.6. The van der Waals surface area contributed by atoms with Crippen molar-refractivity contribution in [2.45, 2.75) is 17.7 Å². The molecule has 0 bridgehead atoms. The first-order chi connectivity index (χ1) is 9.86. The maximum atomic E-state index is 13.3. The van der Waals surface area contributed by atoms with Gasteiger partial charge in [-0.1, -0.05) is 0 Å². The van der Waals surface area contributed by atoms with Gasteiger partial charge in [0.15, 0.2) is 0 Å². The molecule has 1 aromatic rings. The lowest BCUT2D eigenvalue weighted by Crippen LogP contribution is -2.39. The van der Waals surface area contributed by atoms with Gasteiger partial charge in [-0.3, -0.25) is 0 Å². The number of anilines is 1. The van der Waals surface area contributed by atoms with E-state index in [1.807, 2.05) is 0 Å². The van der Waals surface area contributed by atoms with Crippen molar-refractivity contribution < 1.29 is 17.5 Å². The quantitative estimate of drug-likeness (QED) is 0.812. The van der Waals surface area contributed by atoms with Crippen molar-refractivity contribution in [1.82, 2.24) is 4.31 Å². The lowest BCUT2D eigenvalue weighted by atomic mass is 9.99. The van der Waals surface area contributed by atoms with Crippen LogP contribution in [0.1, 0.15) is 12.8 Å². The molecule has 1 fully saturated rings. The molecule has 0 spiro atoms. The third-order valence-corrected chi connectivity index (χ3v) is 6.50. The predicted molar refractivity (Wildman–Crippen MR) is 81.9 cm³/mol. The van der Waals surface area contributed by atoms with Gasteiger partial charge in [0.2, 0.25) is 10.0 Å². The molecular weight excluding hydrogens is 363 g/mol. The number of nitrogens with two attached hydrogens (primary N) is 1. The maximum absolute atomic E-state index is 13.3. The molecule has 21 heavy (non-hydrogen) atoms. The molecular formula is C13H18BrFN2O3S. The third kappa shape index (κ3) is 3.56. The molecule has 1 aliphatic heterocycles. The molecule has 0 radical (unpaired) electrons. The van der Waals surface area contributed by atoms with Crippen LogP contribution < -0.4 is 5.73 Å². The Kier molecular flexibility index (Phi) is 5.24. The predicted octanol–water partition coefficient (Wildman–Crippen LogP) is 2.22. The van der Waals surface area contributed by atoms with E-state index in [9.17, 15) is 12.8 Å². The largest absolute Gasteiger partial charge is 0.396 e. The van der Waals surface area contributed by atoms with Crippen LogP contribution in [-0.2, 0) is 14.8 Å². The molecule has 0 amide bonds. The number of halogens is 2. The molecule has 8 heteroatoms. The number of hydrogen-bond donors (Lipinski definition) is 1. The Bertz CT molecular complexity index is 616. The van der Waals surface area contributed by atoms with Gasteiger partial charge in [0.05, 0.1) is 10.6 Å². The third-order valence-electron chi connectivity index (χ3n) is 3.64. The summed E-state index contributed by atoms with van der Waals surface area (Å²) in [4.78, 5) is 0.00610. The first-order valence-corrected chi connectivity index (χ1v) is 8.83. The van der Waals surface area contributed by atoms with E-state index in [1.165, 1.54) is 4.31 Å². The fourth-order valence-electron chi connectivity index (χ4n) is 2.43. The number of sulfonamides is 1. The lowest BCUT2D eigenvalue weighted by Gasteiger charge is -2.31. The Balaban J connectivity index is 2.22. The van der Waals surface area contributed by atoms with Crippen LogP contribution in [0.4, 0.5) is 10.1 Å². The second-order valence-electron chi connectivity index (χ2n) is 5.11. The van der Waals surface area contributed by atoms with Gasteiger partial charge in [-0.25, -0.2) is 12.8 Å². The van der Waals surface area contributed by atoms with Gasteiger partial charge in [0.25, 0.3) is 0 Å². The Morgan fingerprint density at radius 3 is 2.62 bits per heavy atom. The minimum absolute atomic E-state index is 0.00610. The van der Waals surface area contributed by atoms with Gasteiger partial charge in [-0.15, -0.1) is 0 Å². The summed E-state index contributed by atoms with van der Waals surface area (Å²) in [5.74, 6) is -0.261. The van der Waals surface area contributed by atoms with E-state index >= 15 is 0 Å². The molecule has 0 atom stereocenters. The van der Waals surface area contributed by atoms with E-state index in [4.69, 9.17) is 10.5 Å². The first kappa shape index (κ1) is 16.7. The molecule has 1 aromatic carbocycles. The smallest absolute Gasteiger partial charge is 0.244 e. The molecule has 5 nitrogen and oxygen atoms in total. The van der Waals surface area contributed by atoms with E-state index in [-0.39, 0.29) is 15.1 Å². The topological polar surface area (TPSA) is 72.6 Å². The van der Waals surface area contributed by atoms with Crippen molar-refractivity contribution >= 4 is 31.6 Å². The van der Waals surface area contributed by atoms with Crippen LogP contribution in [-0.4, -0.2) is 39.5 Å². The Hall–Kier alpha value is -0.700. The monoisotopic (exact) mass is 380 g/mol. The van der Waals surface area contributed by atoms with Crippen LogP contribution >= 0.6 is 15.9 Å². The molecule has 1 heterocycles. The molecule has 1 aliphatic rings. The van der Waals surface area contributed by atoms with Crippen LogP contribution in [0.25, 0.3) is 0 Å². The second kappa shape index (κ2) is 6.60. The number of methoxy groups -OCH3 is 1. The minimum Gasteiger partial charge on any atom is -0.396 e. The summed E-state index contributed by atoms with van der Waals surface area (Å²) in [6.07, 6.45) is 1.50. The fraction of sp³-hybridized carbons (Fsp3) is 0.538. The lowest BCUT2D eigenvalue weighted by molar-refractivity contribution is 0.121. The molecule has 2 rings (SSSR count). The van der Waals surface area contributed by atoms with E-state index in [2.05, 4.69) is 15.9 Å². The highest BCUT2D eigenvalue weighted by Gasteiger charge is 2.31. The van der Waals surface area contributed by atoms with Crippen LogP contribution in [0, 0.1) is 11.7 Å². The number of hydrogen-bond acceptors (Lipinski definition) is 4. The average molecular weight is 381 g/mol. The average Bonchev–Trinajstić information content (AvgIpc) is 2.43. The summed E-state index contributed by atoms with van der Waals surface area (Å²) in [5, 5.41) is 0. The van der Waals surface area contributed by atoms with Crippen molar-refractivity contribution in [1.29, 1.82) is 0 Å². The first-order valence-electron chi connectivity index (χ1n) is 6.60. The Morgan fingerprint density at radius 2 is 2.05 bits per heavy atom. The summed E-state index contributed by atoms with van der Waals surface area (Å²) in [7, 11) is -2.03. The number of rotatable bonds is 4. The van der Waals surface area contributed by atoms with E-state index < -0.39 is 15.8 Å². The van der Waals surface area contributed by atoms with Gasteiger partial charge in [-0.2, -0.15) is 4.31 Å². The van der Waals surface area contributed by atoms with E-state index in [0.29, 0.717) is 25.6 Å². The number of benzene rings is 1. The molecule has 118 valence electrons. The number of nitrogens with zero attached hydrogens (tertiary/aromatic N) is 1. The van der Waals surface area contributed by atoms with Gasteiger partial charge in [0, 0.05) is 31.3 Å². The normalized spacial score (nSPS) is 18.0. The molecule has 2 N–H and O–H groups in total. The van der Waals surface area contributed by atoms with Gasteiger partial charge < -0.3 is 10.5 Å². The summed E-state index contributed by atoms with van der Waals surface area (Å²) in [6.45, 7) is 1.50. The van der Waals surface area contributed by atoms with Crippen LogP contribution in [0.2, 0.25) is 0 Å². The van der Waals surface area contributed by atoms with Crippen molar-refractivity contribution in [2.24, 2.45) is 5.92 Å². The summed E-state index contributed by atoms with van der Waals surface area (Å²) in [6, 6.07) is 2.25. The molecule has 0 unspecified atom stereocenters.